The summed E-state index contributed by atoms with van der Waals surface area (Å²) < 4.78 is 0. The average molecular weight is 513 g/mol. The van der Waals surface area contributed by atoms with Gasteiger partial charge >= 0.3 is 0 Å². The second-order valence-electron chi connectivity index (χ2n) is 12.7. The van der Waals surface area contributed by atoms with Gasteiger partial charge in [-0.05, 0) is 112 Å². The molecule has 0 aromatic heterocycles. The number of likely N-dealkylation sites (tertiary alicyclic amines) is 2. The third kappa shape index (κ3) is 5.80. The maximum absolute atomic E-state index is 14.7. The van der Waals surface area contributed by atoms with Crippen molar-refractivity contribution in [3.63, 3.8) is 0 Å². The van der Waals surface area contributed by atoms with E-state index in [9.17, 15) is 4.79 Å². The highest BCUT2D eigenvalue weighted by atomic mass is 16.1. The Bertz CT molecular complexity index is 998. The lowest BCUT2D eigenvalue weighted by atomic mass is 9.84. The van der Waals surface area contributed by atoms with Crippen LogP contribution in [0.25, 0.3) is 0 Å². The summed E-state index contributed by atoms with van der Waals surface area (Å²) in [4.78, 5) is 19.9. The predicted molar refractivity (Wildman–Crippen MR) is 157 cm³/mol. The van der Waals surface area contributed by atoms with Gasteiger partial charge in [0.15, 0.2) is 5.78 Å². The van der Waals surface area contributed by atoms with Crippen LogP contribution in [0.15, 0.2) is 36.4 Å². The molecule has 0 N–H and O–H groups in total. The number of hydrogen-bond acceptors (Lipinski definition) is 3. The van der Waals surface area contributed by atoms with Gasteiger partial charge in [0.2, 0.25) is 0 Å². The minimum absolute atomic E-state index is 0.281. The molecule has 2 heterocycles. The topological polar surface area (TPSA) is 23.6 Å². The minimum atomic E-state index is 0.281. The van der Waals surface area contributed by atoms with Gasteiger partial charge in [0, 0.05) is 24.2 Å². The van der Waals surface area contributed by atoms with Crippen LogP contribution in [0.4, 0.5) is 0 Å². The molecule has 0 spiro atoms. The number of carbonyl (C=O) groups is 1. The molecule has 2 aromatic carbocycles. The number of hydrogen-bond donors (Lipinski definition) is 0. The van der Waals surface area contributed by atoms with Crippen LogP contribution in [-0.4, -0.2) is 41.8 Å². The summed E-state index contributed by atoms with van der Waals surface area (Å²) in [6.45, 7) is 6.57. The molecule has 0 bridgehead atoms. The molecule has 2 saturated heterocycles. The van der Waals surface area contributed by atoms with Crippen LogP contribution >= 0.6 is 0 Å². The Morgan fingerprint density at radius 3 is 1.34 bits per heavy atom. The third-order valence-electron chi connectivity index (χ3n) is 10.2. The van der Waals surface area contributed by atoms with Crippen LogP contribution in [0.2, 0.25) is 0 Å². The normalized spacial score (nSPS) is 22.3. The number of ketones is 1. The van der Waals surface area contributed by atoms with E-state index in [2.05, 4.69) is 46.2 Å². The molecule has 0 radical (unpaired) electrons. The maximum atomic E-state index is 14.7. The smallest absolute Gasteiger partial charge is 0.193 e. The first-order chi connectivity index (χ1) is 18.8. The Balaban J connectivity index is 1.40. The van der Waals surface area contributed by atoms with Crippen LogP contribution in [0, 0.1) is 0 Å². The average Bonchev–Trinajstić information content (AvgIpc) is 3.69. The minimum Gasteiger partial charge on any atom is -0.299 e. The molecule has 4 fully saturated rings. The molecule has 204 valence electrons. The van der Waals surface area contributed by atoms with Crippen molar-refractivity contribution >= 4 is 5.78 Å². The van der Waals surface area contributed by atoms with Gasteiger partial charge in [0.25, 0.3) is 0 Å². The zero-order valence-electron chi connectivity index (χ0n) is 23.6. The molecular formula is C35H48N2O. The molecule has 3 heteroatoms. The van der Waals surface area contributed by atoms with Gasteiger partial charge in [-0.2, -0.15) is 0 Å². The lowest BCUT2D eigenvalue weighted by Gasteiger charge is -2.30. The van der Waals surface area contributed by atoms with E-state index >= 15 is 0 Å². The highest BCUT2D eigenvalue weighted by Crippen LogP contribution is 2.40. The molecule has 2 aromatic rings. The Hall–Kier alpha value is -1.97. The Morgan fingerprint density at radius 2 is 0.947 bits per heavy atom. The van der Waals surface area contributed by atoms with Gasteiger partial charge in [0.1, 0.15) is 0 Å². The zero-order valence-corrected chi connectivity index (χ0v) is 23.6. The van der Waals surface area contributed by atoms with Crippen molar-refractivity contribution in [2.75, 3.05) is 26.2 Å². The monoisotopic (exact) mass is 512 g/mol. The zero-order chi connectivity index (χ0) is 25.7. The van der Waals surface area contributed by atoms with E-state index in [1.54, 1.807) is 0 Å². The van der Waals surface area contributed by atoms with Gasteiger partial charge in [0.05, 0.1) is 0 Å². The first-order valence-electron chi connectivity index (χ1n) is 16.0. The van der Waals surface area contributed by atoms with Crippen LogP contribution < -0.4 is 0 Å². The van der Waals surface area contributed by atoms with Crippen molar-refractivity contribution in [3.05, 3.63) is 69.8 Å². The first kappa shape index (κ1) is 26.3. The number of piperidine rings is 2. The van der Waals surface area contributed by atoms with E-state index < -0.39 is 0 Å². The van der Waals surface area contributed by atoms with E-state index in [4.69, 9.17) is 0 Å². The van der Waals surface area contributed by atoms with Crippen LogP contribution in [0.3, 0.4) is 0 Å². The summed E-state index contributed by atoms with van der Waals surface area (Å²) >= 11 is 0. The lowest BCUT2D eigenvalue weighted by molar-refractivity contribution is 0.103. The van der Waals surface area contributed by atoms with E-state index in [1.165, 1.54) is 138 Å². The van der Waals surface area contributed by atoms with Crippen molar-refractivity contribution < 1.29 is 4.79 Å². The predicted octanol–water partition coefficient (Wildman–Crippen LogP) is 8.20. The number of nitrogens with zero attached hydrogens (tertiary/aromatic N) is 2. The summed E-state index contributed by atoms with van der Waals surface area (Å²) in [6.07, 6.45) is 18.3. The molecule has 2 saturated carbocycles. The fraction of sp³-hybridized carbons (Fsp3) is 0.629. The molecular weight excluding hydrogens is 464 g/mol. The largest absolute Gasteiger partial charge is 0.299 e. The molecule has 4 aliphatic rings. The molecule has 2 aliphatic carbocycles. The van der Waals surface area contributed by atoms with Crippen molar-refractivity contribution in [3.8, 4) is 0 Å². The van der Waals surface area contributed by atoms with Crippen LogP contribution in [0.1, 0.15) is 140 Å². The van der Waals surface area contributed by atoms with E-state index in [1.807, 2.05) is 0 Å². The second kappa shape index (κ2) is 12.5. The fourth-order valence-electron chi connectivity index (χ4n) is 8.05. The lowest BCUT2D eigenvalue weighted by Crippen LogP contribution is -2.31. The van der Waals surface area contributed by atoms with Crippen molar-refractivity contribution in [2.45, 2.75) is 115 Å². The molecule has 0 atom stereocenters. The highest BCUT2D eigenvalue weighted by Gasteiger charge is 2.29. The van der Waals surface area contributed by atoms with Crippen molar-refractivity contribution in [2.24, 2.45) is 0 Å². The quantitative estimate of drug-likeness (QED) is 0.333. The molecule has 2 aliphatic heterocycles. The molecule has 0 unspecified atom stereocenters. The Labute approximate surface area is 231 Å². The Morgan fingerprint density at radius 1 is 0.553 bits per heavy atom. The van der Waals surface area contributed by atoms with Crippen LogP contribution in [-0.2, 0) is 13.1 Å². The van der Waals surface area contributed by atoms with E-state index in [0.717, 1.165) is 24.2 Å². The Kier molecular flexibility index (Phi) is 8.62. The SMILES string of the molecule is O=C(c1cccc(C2CCCC2)c1CN1CCCCC1)c1cccc(C2CCCC2)c1CN1CCCCC1. The van der Waals surface area contributed by atoms with Gasteiger partial charge in [-0.25, -0.2) is 0 Å². The molecule has 38 heavy (non-hydrogen) atoms. The van der Waals surface area contributed by atoms with E-state index in [-0.39, 0.29) is 5.78 Å². The third-order valence-corrected chi connectivity index (χ3v) is 10.2. The fourth-order valence-corrected chi connectivity index (χ4v) is 8.05. The summed E-state index contributed by atoms with van der Waals surface area (Å²) in [5.74, 6) is 1.53. The van der Waals surface area contributed by atoms with Crippen LogP contribution in [0.5, 0.6) is 0 Å². The van der Waals surface area contributed by atoms with E-state index in [0.29, 0.717) is 11.8 Å². The van der Waals surface area contributed by atoms with Gasteiger partial charge < -0.3 is 0 Å². The maximum Gasteiger partial charge on any atom is 0.193 e. The van der Waals surface area contributed by atoms with Gasteiger partial charge in [-0.3, -0.25) is 14.6 Å². The first-order valence-corrected chi connectivity index (χ1v) is 16.0. The summed E-state index contributed by atoms with van der Waals surface area (Å²) in [7, 11) is 0. The van der Waals surface area contributed by atoms with Crippen molar-refractivity contribution in [1.29, 1.82) is 0 Å². The summed E-state index contributed by atoms with van der Waals surface area (Å²) in [5.41, 5.74) is 7.63. The van der Waals surface area contributed by atoms with Gasteiger partial charge in [-0.15, -0.1) is 0 Å². The summed E-state index contributed by atoms with van der Waals surface area (Å²) in [6, 6.07) is 13.4. The molecule has 6 rings (SSSR count). The van der Waals surface area contributed by atoms with Crippen molar-refractivity contribution in [1.82, 2.24) is 9.80 Å². The standard InChI is InChI=1S/C35H48N2O/c38-35(31-19-11-17-29(27-13-3-4-14-27)33(31)25-36-21-7-1-8-22-36)32-20-12-18-30(28-15-5-6-16-28)34(32)26-37-23-9-2-10-24-37/h11-12,17-20,27-28H,1-10,13-16,21-26H2. The number of benzene rings is 2. The molecule has 0 amide bonds. The second-order valence-corrected chi connectivity index (χ2v) is 12.7. The van der Waals surface area contributed by atoms with Gasteiger partial charge in [-0.1, -0.05) is 74.9 Å². The highest BCUT2D eigenvalue weighted by molar-refractivity contribution is 6.11. The number of carbonyl (C=O) groups excluding carboxylic acids is 1. The summed E-state index contributed by atoms with van der Waals surface area (Å²) in [5, 5.41) is 0. The molecule has 3 nitrogen and oxygen atoms in total. The number of rotatable bonds is 8.